The molecule has 0 N–H and O–H groups in total. The van der Waals surface area contributed by atoms with Crippen LogP contribution in [0.1, 0.15) is 27.7 Å². The molecule has 0 atom stereocenters. The van der Waals surface area contributed by atoms with E-state index in [1.807, 2.05) is 0 Å². The highest BCUT2D eigenvalue weighted by atomic mass is 14.2. The average Bonchev–Trinajstić information content (AvgIpc) is 1.31. The van der Waals surface area contributed by atoms with Crippen LogP contribution in [0.3, 0.4) is 0 Å². The van der Waals surface area contributed by atoms with Crippen molar-refractivity contribution in [2.24, 2.45) is 11.3 Å². The van der Waals surface area contributed by atoms with Crippen molar-refractivity contribution in [3.63, 3.8) is 0 Å². The van der Waals surface area contributed by atoms with E-state index in [-0.39, 0.29) is 5.41 Å². The molecule has 0 aliphatic heterocycles. The topological polar surface area (TPSA) is 0 Å². The fraction of sp³-hybridized carbons (Fsp3) is 0.857. The summed E-state index contributed by atoms with van der Waals surface area (Å²) in [6.07, 6.45) is 0. The van der Waals surface area contributed by atoms with Crippen LogP contribution in [-0.2, 0) is 0 Å². The summed E-state index contributed by atoms with van der Waals surface area (Å²) in [7, 11) is 0. The van der Waals surface area contributed by atoms with Crippen molar-refractivity contribution in [1.29, 1.82) is 0 Å². The van der Waals surface area contributed by atoms with Gasteiger partial charge in [-0.25, -0.2) is 0 Å². The molecule has 0 amide bonds. The lowest BCUT2D eigenvalue weighted by molar-refractivity contribution is 0.329. The Morgan fingerprint density at radius 2 is 1.43 bits per heavy atom. The molecular weight excluding hydrogens is 84.1 g/mol. The summed E-state index contributed by atoms with van der Waals surface area (Å²) in [5.74, 6) is 0.687. The van der Waals surface area contributed by atoms with E-state index in [1.54, 1.807) is 0 Å². The zero-order valence-corrected chi connectivity index (χ0v) is 5.78. The quantitative estimate of drug-likeness (QED) is 0.443. The van der Waals surface area contributed by atoms with Crippen LogP contribution in [0.15, 0.2) is 0 Å². The van der Waals surface area contributed by atoms with Gasteiger partial charge in [0.2, 0.25) is 0 Å². The van der Waals surface area contributed by atoms with Gasteiger partial charge in [0.05, 0.1) is 6.92 Å². The third-order valence-electron chi connectivity index (χ3n) is 1.56. The largest absolute Gasteiger partial charge is 0.102 e. The molecule has 0 nitrogen and oxygen atoms in total. The normalized spacial score (nSPS) is 12.7. The van der Waals surface area contributed by atoms with Crippen molar-refractivity contribution in [1.82, 2.24) is 0 Å². The summed E-state index contributed by atoms with van der Waals surface area (Å²) in [5.41, 5.74) is 0.250. The van der Waals surface area contributed by atoms with Crippen LogP contribution in [0.2, 0.25) is 0 Å². The van der Waals surface area contributed by atoms with Gasteiger partial charge in [0.25, 0.3) is 0 Å². The predicted molar refractivity (Wildman–Crippen MR) is 34.0 cm³/mol. The highest BCUT2D eigenvalue weighted by Gasteiger charge is 2.22. The second kappa shape index (κ2) is 1.77. The maximum atomic E-state index is 3.97. The molecule has 0 spiro atoms. The van der Waals surface area contributed by atoms with Crippen LogP contribution in [0.5, 0.6) is 0 Å². The van der Waals surface area contributed by atoms with E-state index in [0.717, 1.165) is 0 Å². The minimum Gasteiger partial charge on any atom is -0.0582 e. The summed E-state index contributed by atoms with van der Waals surface area (Å²) >= 11 is 0. The lowest BCUT2D eigenvalue weighted by Gasteiger charge is -2.14. The molecule has 0 aromatic carbocycles. The molecule has 0 heteroatoms. The Morgan fingerprint density at radius 1 is 1.29 bits per heavy atom. The summed E-state index contributed by atoms with van der Waals surface area (Å²) in [6.45, 7) is 12.6. The van der Waals surface area contributed by atoms with E-state index >= 15 is 0 Å². The van der Waals surface area contributed by atoms with Crippen LogP contribution in [-0.4, -0.2) is 0 Å². The van der Waals surface area contributed by atoms with Crippen molar-refractivity contribution < 1.29 is 0 Å². The first-order valence-corrected chi connectivity index (χ1v) is 2.80. The lowest BCUT2D eigenvalue weighted by Crippen LogP contribution is -2.13. The SMILES string of the molecule is [CH2+]C(C)(C)C(C)C. The fourth-order valence-electron chi connectivity index (χ4n) is 0. The molecule has 0 aromatic rings. The van der Waals surface area contributed by atoms with Gasteiger partial charge in [-0.1, -0.05) is 13.8 Å². The first-order chi connectivity index (χ1) is 2.94. The van der Waals surface area contributed by atoms with Gasteiger partial charge in [-0.3, -0.25) is 0 Å². The van der Waals surface area contributed by atoms with Gasteiger partial charge in [0.1, 0.15) is 5.41 Å². The molecule has 7 heavy (non-hydrogen) atoms. The van der Waals surface area contributed by atoms with Crippen LogP contribution in [0, 0.1) is 18.3 Å². The zero-order valence-electron chi connectivity index (χ0n) is 5.78. The van der Waals surface area contributed by atoms with Gasteiger partial charge >= 0.3 is 0 Å². The fourth-order valence-corrected chi connectivity index (χ4v) is 0. The van der Waals surface area contributed by atoms with Crippen molar-refractivity contribution in [2.75, 3.05) is 0 Å². The number of hydrogen-bond donors (Lipinski definition) is 0. The van der Waals surface area contributed by atoms with Crippen molar-refractivity contribution in [3.05, 3.63) is 6.92 Å². The van der Waals surface area contributed by atoms with Crippen LogP contribution in [0.4, 0.5) is 0 Å². The second-order valence-corrected chi connectivity index (χ2v) is 3.14. The number of rotatable bonds is 1. The van der Waals surface area contributed by atoms with E-state index in [2.05, 4.69) is 34.6 Å². The van der Waals surface area contributed by atoms with Crippen LogP contribution < -0.4 is 0 Å². The minimum absolute atomic E-state index is 0.250. The summed E-state index contributed by atoms with van der Waals surface area (Å²) < 4.78 is 0. The molecule has 42 valence electrons. The van der Waals surface area contributed by atoms with Gasteiger partial charge in [0, 0.05) is 0 Å². The minimum atomic E-state index is 0.250. The molecule has 0 unspecified atom stereocenters. The molecule has 0 aliphatic rings. The average molecular weight is 99.2 g/mol. The molecule has 0 aromatic heterocycles. The highest BCUT2D eigenvalue weighted by Crippen LogP contribution is 2.23. The van der Waals surface area contributed by atoms with Crippen molar-refractivity contribution >= 4 is 0 Å². The molecule has 0 heterocycles. The maximum absolute atomic E-state index is 3.97. The Bertz CT molecular complexity index is 45.5. The van der Waals surface area contributed by atoms with E-state index in [1.165, 1.54) is 0 Å². The van der Waals surface area contributed by atoms with E-state index < -0.39 is 0 Å². The van der Waals surface area contributed by atoms with Crippen molar-refractivity contribution in [2.45, 2.75) is 27.7 Å². The first-order valence-electron chi connectivity index (χ1n) is 2.80. The molecular formula is C7H15+. The standard InChI is InChI=1S/C7H15/c1-6(2)7(3,4)5/h6H,3H2,1-2,4-5H3/q+1. The van der Waals surface area contributed by atoms with E-state index in [4.69, 9.17) is 0 Å². The summed E-state index contributed by atoms with van der Waals surface area (Å²) in [4.78, 5) is 0. The smallest absolute Gasteiger partial charge is 0.0582 e. The Morgan fingerprint density at radius 3 is 1.43 bits per heavy atom. The van der Waals surface area contributed by atoms with E-state index in [9.17, 15) is 0 Å². The first kappa shape index (κ1) is 6.87. The Hall–Kier alpha value is -0.130. The maximum Gasteiger partial charge on any atom is 0.102 e. The molecule has 0 aliphatic carbocycles. The van der Waals surface area contributed by atoms with Crippen molar-refractivity contribution in [3.8, 4) is 0 Å². The molecule has 0 saturated heterocycles. The molecule has 0 bridgehead atoms. The monoisotopic (exact) mass is 99.1 g/mol. The molecule has 0 radical (unpaired) electrons. The summed E-state index contributed by atoms with van der Waals surface area (Å²) in [6, 6.07) is 0. The van der Waals surface area contributed by atoms with Gasteiger partial charge in [-0.05, 0) is 19.8 Å². The van der Waals surface area contributed by atoms with Crippen LogP contribution >= 0.6 is 0 Å². The molecule has 0 rings (SSSR count). The Balaban J connectivity index is 3.54. The number of hydrogen-bond acceptors (Lipinski definition) is 0. The summed E-state index contributed by atoms with van der Waals surface area (Å²) in [5, 5.41) is 0. The lowest BCUT2D eigenvalue weighted by atomic mass is 9.84. The van der Waals surface area contributed by atoms with Gasteiger partial charge in [-0.15, -0.1) is 0 Å². The highest BCUT2D eigenvalue weighted by molar-refractivity contribution is 4.73. The zero-order chi connectivity index (χ0) is 6.08. The van der Waals surface area contributed by atoms with Gasteiger partial charge in [0.15, 0.2) is 0 Å². The van der Waals surface area contributed by atoms with E-state index in [0.29, 0.717) is 5.92 Å². The van der Waals surface area contributed by atoms with Crippen LogP contribution in [0.25, 0.3) is 0 Å². The predicted octanol–water partition coefficient (Wildman–Crippen LogP) is 2.50. The Kier molecular flexibility index (Phi) is 1.74. The Labute approximate surface area is 46.9 Å². The van der Waals surface area contributed by atoms with Gasteiger partial charge < -0.3 is 0 Å². The second-order valence-electron chi connectivity index (χ2n) is 3.14. The third kappa shape index (κ3) is 2.55. The van der Waals surface area contributed by atoms with Gasteiger partial charge in [-0.2, -0.15) is 0 Å². The third-order valence-corrected chi connectivity index (χ3v) is 1.56. The molecule has 0 fully saturated rings. The molecule has 0 saturated carbocycles.